The van der Waals surface area contributed by atoms with E-state index >= 15 is 0 Å². The number of rotatable bonds is 1. The minimum absolute atomic E-state index is 0.145. The van der Waals surface area contributed by atoms with E-state index in [1.54, 1.807) is 0 Å². The summed E-state index contributed by atoms with van der Waals surface area (Å²) in [7, 11) is 0. The highest BCUT2D eigenvalue weighted by Gasteiger charge is 2.14. The number of nitrogens with one attached hydrogen (secondary N) is 1. The summed E-state index contributed by atoms with van der Waals surface area (Å²) in [5, 5.41) is 2.82. The molecule has 1 amide bonds. The Morgan fingerprint density at radius 2 is 1.86 bits per heavy atom. The predicted octanol–water partition coefficient (Wildman–Crippen LogP) is 3.44. The van der Waals surface area contributed by atoms with E-state index in [2.05, 4.69) is 11.4 Å². The summed E-state index contributed by atoms with van der Waals surface area (Å²) in [6.45, 7) is 0. The molecule has 0 saturated carbocycles. The van der Waals surface area contributed by atoms with Crippen molar-refractivity contribution in [2.75, 3.05) is 0 Å². The van der Waals surface area contributed by atoms with Crippen LogP contribution in [0.2, 0.25) is 0 Å². The van der Waals surface area contributed by atoms with Crippen LogP contribution in [-0.2, 0) is 11.2 Å². The number of carbonyl (C=O) groups is 2. The van der Waals surface area contributed by atoms with Crippen LogP contribution in [0.3, 0.4) is 0 Å². The third kappa shape index (κ3) is 4.85. The van der Waals surface area contributed by atoms with Crippen molar-refractivity contribution in [3.8, 4) is 0 Å². The van der Waals surface area contributed by atoms with Gasteiger partial charge in [-0.1, -0.05) is 43.2 Å². The molecule has 3 nitrogen and oxygen atoms in total. The molecule has 0 aliphatic carbocycles. The van der Waals surface area contributed by atoms with E-state index in [-0.39, 0.29) is 5.91 Å². The van der Waals surface area contributed by atoms with Gasteiger partial charge in [-0.25, -0.2) is 0 Å². The van der Waals surface area contributed by atoms with Crippen molar-refractivity contribution in [1.29, 1.82) is 0 Å². The highest BCUT2D eigenvalue weighted by atomic mass is 16.2. The maximum absolute atomic E-state index is 12.4. The molecule has 0 aromatic heterocycles. The molecular weight excluding hydrogens is 262 g/mol. The number of amides is 1. The predicted molar refractivity (Wildman–Crippen MR) is 84.3 cm³/mol. The van der Waals surface area contributed by atoms with Gasteiger partial charge in [0, 0.05) is 5.56 Å². The van der Waals surface area contributed by atoms with E-state index in [1.807, 2.05) is 30.3 Å². The van der Waals surface area contributed by atoms with Crippen LogP contribution in [0, 0.1) is 0 Å². The van der Waals surface area contributed by atoms with Crippen molar-refractivity contribution in [1.82, 2.24) is 5.32 Å². The van der Waals surface area contributed by atoms with Crippen LogP contribution in [0.4, 0.5) is 0 Å². The fraction of sp³-hybridized carbons (Fsp3) is 0.444. The zero-order valence-corrected chi connectivity index (χ0v) is 12.4. The molecular formula is C18H23NO2. The van der Waals surface area contributed by atoms with Crippen LogP contribution >= 0.6 is 0 Å². The zero-order valence-electron chi connectivity index (χ0n) is 12.4. The first kappa shape index (κ1) is 15.5. The quantitative estimate of drug-likeness (QED) is 0.634. The van der Waals surface area contributed by atoms with Crippen LogP contribution in [0.5, 0.6) is 0 Å². The summed E-state index contributed by atoms with van der Waals surface area (Å²) in [6, 6.07) is 7.25. The first-order valence-electron chi connectivity index (χ1n) is 7.80. The van der Waals surface area contributed by atoms with Crippen LogP contribution in [0.25, 0.3) is 0 Å². The normalized spacial score (nSPS) is 22.5. The molecule has 112 valence electrons. The van der Waals surface area contributed by atoms with E-state index in [9.17, 15) is 9.59 Å². The van der Waals surface area contributed by atoms with E-state index < -0.39 is 6.04 Å². The molecule has 0 saturated heterocycles. The van der Waals surface area contributed by atoms with Gasteiger partial charge in [0.2, 0.25) is 0 Å². The lowest BCUT2D eigenvalue weighted by atomic mass is 9.99. The molecule has 21 heavy (non-hydrogen) atoms. The van der Waals surface area contributed by atoms with Crippen LogP contribution in [0.15, 0.2) is 36.4 Å². The van der Waals surface area contributed by atoms with Crippen molar-refractivity contribution in [2.45, 2.75) is 51.0 Å². The Balaban J connectivity index is 2.16. The molecule has 0 bridgehead atoms. The first-order chi connectivity index (χ1) is 10.3. The Bertz CT molecular complexity index is 508. The molecule has 1 atom stereocenters. The van der Waals surface area contributed by atoms with Gasteiger partial charge in [-0.05, 0) is 43.7 Å². The number of aryl methyl sites for hydroxylation is 1. The van der Waals surface area contributed by atoms with E-state index in [0.29, 0.717) is 12.0 Å². The summed E-state index contributed by atoms with van der Waals surface area (Å²) in [4.78, 5) is 23.5. The van der Waals surface area contributed by atoms with Gasteiger partial charge >= 0.3 is 0 Å². The molecule has 1 aromatic carbocycles. The van der Waals surface area contributed by atoms with Gasteiger partial charge in [0.1, 0.15) is 6.29 Å². The van der Waals surface area contributed by atoms with Crippen molar-refractivity contribution >= 4 is 12.2 Å². The SMILES string of the molecule is O=C[C@@H]1C/C=C\CCCCCCc2ccccc2C(=O)N1. The van der Waals surface area contributed by atoms with Gasteiger partial charge in [0.05, 0.1) is 6.04 Å². The van der Waals surface area contributed by atoms with Crippen molar-refractivity contribution in [3.05, 3.63) is 47.5 Å². The Morgan fingerprint density at radius 1 is 1.05 bits per heavy atom. The summed E-state index contributed by atoms with van der Waals surface area (Å²) >= 11 is 0. The van der Waals surface area contributed by atoms with E-state index in [4.69, 9.17) is 0 Å². The Labute approximate surface area is 126 Å². The third-order valence-electron chi connectivity index (χ3n) is 3.87. The summed E-state index contributed by atoms with van der Waals surface area (Å²) in [5.74, 6) is -0.145. The van der Waals surface area contributed by atoms with Gasteiger partial charge in [0.15, 0.2) is 0 Å². The maximum atomic E-state index is 12.4. The van der Waals surface area contributed by atoms with Gasteiger partial charge in [-0.2, -0.15) is 0 Å². The molecule has 1 N–H and O–H groups in total. The standard InChI is InChI=1S/C18H23NO2/c20-14-16-12-7-5-3-1-2-4-6-10-15-11-8-9-13-17(15)18(21)19-16/h5,7-9,11,13-14,16H,1-4,6,10,12H2,(H,19,21)/b7-5-/t16-/m0/s1. The topological polar surface area (TPSA) is 46.2 Å². The van der Waals surface area contributed by atoms with Gasteiger partial charge in [-0.15, -0.1) is 0 Å². The lowest BCUT2D eigenvalue weighted by Gasteiger charge is -2.14. The Hall–Kier alpha value is -1.90. The fourth-order valence-corrected chi connectivity index (χ4v) is 2.65. The molecule has 0 spiro atoms. The van der Waals surface area contributed by atoms with Gasteiger partial charge in [-0.3, -0.25) is 4.79 Å². The third-order valence-corrected chi connectivity index (χ3v) is 3.87. The molecule has 2 rings (SSSR count). The average Bonchev–Trinajstić information content (AvgIpc) is 2.51. The highest BCUT2D eigenvalue weighted by molar-refractivity contribution is 5.97. The molecule has 0 fully saturated rings. The van der Waals surface area contributed by atoms with Crippen LogP contribution in [0.1, 0.15) is 54.4 Å². The molecule has 1 aliphatic heterocycles. The lowest BCUT2D eigenvalue weighted by molar-refractivity contribution is -0.109. The monoisotopic (exact) mass is 285 g/mol. The fourth-order valence-electron chi connectivity index (χ4n) is 2.65. The summed E-state index contributed by atoms with van der Waals surface area (Å²) < 4.78 is 0. The summed E-state index contributed by atoms with van der Waals surface area (Å²) in [6.07, 6.45) is 12.2. The molecule has 0 unspecified atom stereocenters. The van der Waals surface area contributed by atoms with E-state index in [1.165, 1.54) is 19.3 Å². The Morgan fingerprint density at radius 3 is 2.71 bits per heavy atom. The van der Waals surface area contributed by atoms with Crippen LogP contribution < -0.4 is 5.32 Å². The molecule has 1 aromatic rings. The van der Waals surface area contributed by atoms with Gasteiger partial charge < -0.3 is 10.1 Å². The number of fused-ring (bicyclic) bond motifs is 1. The van der Waals surface area contributed by atoms with Crippen molar-refractivity contribution in [3.63, 3.8) is 0 Å². The maximum Gasteiger partial charge on any atom is 0.252 e. The van der Waals surface area contributed by atoms with Crippen molar-refractivity contribution in [2.24, 2.45) is 0 Å². The molecule has 1 aliphatic rings. The highest BCUT2D eigenvalue weighted by Crippen LogP contribution is 2.15. The largest absolute Gasteiger partial charge is 0.342 e. The van der Waals surface area contributed by atoms with E-state index in [0.717, 1.165) is 31.1 Å². The number of aldehydes is 1. The minimum atomic E-state index is -0.440. The second kappa shape index (κ2) is 8.40. The van der Waals surface area contributed by atoms with Crippen molar-refractivity contribution < 1.29 is 9.59 Å². The number of benzene rings is 1. The second-order valence-electron chi connectivity index (χ2n) is 5.53. The minimum Gasteiger partial charge on any atom is -0.342 e. The summed E-state index contributed by atoms with van der Waals surface area (Å²) in [5.41, 5.74) is 1.78. The lowest BCUT2D eigenvalue weighted by Crippen LogP contribution is -2.36. The number of allylic oxidation sites excluding steroid dienone is 1. The first-order valence-corrected chi connectivity index (χ1v) is 7.80. The zero-order chi connectivity index (χ0) is 14.9. The van der Waals surface area contributed by atoms with Gasteiger partial charge in [0.25, 0.3) is 5.91 Å². The number of carbonyl (C=O) groups excluding carboxylic acids is 2. The second-order valence-corrected chi connectivity index (χ2v) is 5.53. The van der Waals surface area contributed by atoms with Crippen LogP contribution in [-0.4, -0.2) is 18.2 Å². The Kier molecular flexibility index (Phi) is 6.20. The molecule has 1 heterocycles. The average molecular weight is 285 g/mol. The molecule has 3 heteroatoms. The number of hydrogen-bond acceptors (Lipinski definition) is 2. The number of hydrogen-bond donors (Lipinski definition) is 1. The molecule has 0 radical (unpaired) electrons. The smallest absolute Gasteiger partial charge is 0.252 e.